The van der Waals surface area contributed by atoms with E-state index in [1.165, 1.54) is 7.11 Å². The summed E-state index contributed by atoms with van der Waals surface area (Å²) in [5.41, 5.74) is 2.37. The van der Waals surface area contributed by atoms with Crippen LogP contribution < -0.4 is 0 Å². The summed E-state index contributed by atoms with van der Waals surface area (Å²) < 4.78 is 4.86. The zero-order chi connectivity index (χ0) is 15.6. The molecule has 1 aromatic carbocycles. The van der Waals surface area contributed by atoms with Crippen molar-refractivity contribution >= 4 is 23.3 Å². The number of rotatable bonds is 2. The minimum absolute atomic E-state index is 0.391. The van der Waals surface area contributed by atoms with Gasteiger partial charge in [0.15, 0.2) is 0 Å². The van der Waals surface area contributed by atoms with Crippen LogP contribution in [0.4, 0.5) is 0 Å². The van der Waals surface area contributed by atoms with E-state index in [9.17, 15) is 10.1 Å². The molecule has 0 radical (unpaired) electrons. The summed E-state index contributed by atoms with van der Waals surface area (Å²) in [6.45, 7) is 3.53. The number of benzene rings is 1. The molecule has 1 heterocycles. The number of hydrogen-bond donors (Lipinski definition) is 0. The number of halogens is 1. The number of allylic oxidation sites excluding steroid dienone is 1. The van der Waals surface area contributed by atoms with E-state index in [1.54, 1.807) is 19.9 Å². The largest absolute Gasteiger partial charge is 0.466 e. The molecular formula is C16H15ClN2O2. The minimum atomic E-state index is -0.539. The van der Waals surface area contributed by atoms with Gasteiger partial charge in [-0.05, 0) is 25.5 Å². The van der Waals surface area contributed by atoms with Gasteiger partial charge in [-0.2, -0.15) is 5.26 Å². The molecule has 0 amide bonds. The summed E-state index contributed by atoms with van der Waals surface area (Å²) >= 11 is 6.26. The summed E-state index contributed by atoms with van der Waals surface area (Å²) in [6.07, 6.45) is 0. The number of methoxy groups -OCH3 is 1. The Labute approximate surface area is 128 Å². The van der Waals surface area contributed by atoms with Gasteiger partial charge in [-0.1, -0.05) is 29.8 Å². The Morgan fingerprint density at radius 1 is 1.38 bits per heavy atom. The maximum atomic E-state index is 12.1. The number of nitriles is 1. The maximum Gasteiger partial charge on any atom is 0.336 e. The Kier molecular flexibility index (Phi) is 4.44. The van der Waals surface area contributed by atoms with Gasteiger partial charge >= 0.3 is 5.97 Å². The fourth-order valence-electron chi connectivity index (χ4n) is 2.64. The van der Waals surface area contributed by atoms with Crippen molar-refractivity contribution in [3.8, 4) is 6.07 Å². The molecule has 0 saturated heterocycles. The molecule has 1 aliphatic heterocycles. The van der Waals surface area contributed by atoms with Crippen molar-refractivity contribution in [2.45, 2.75) is 19.8 Å². The smallest absolute Gasteiger partial charge is 0.336 e. The zero-order valence-corrected chi connectivity index (χ0v) is 12.8. The van der Waals surface area contributed by atoms with E-state index in [4.69, 9.17) is 16.3 Å². The number of ether oxygens (including phenoxy) is 1. The number of hydrogen-bond acceptors (Lipinski definition) is 4. The van der Waals surface area contributed by atoms with Crippen LogP contribution in [0.5, 0.6) is 0 Å². The van der Waals surface area contributed by atoms with Crippen molar-refractivity contribution in [2.75, 3.05) is 7.11 Å². The second kappa shape index (κ2) is 6.11. The van der Waals surface area contributed by atoms with Crippen molar-refractivity contribution in [3.63, 3.8) is 0 Å². The third-order valence-electron chi connectivity index (χ3n) is 3.61. The molecule has 2 atom stereocenters. The van der Waals surface area contributed by atoms with Crippen LogP contribution in [0.15, 0.2) is 40.5 Å². The molecule has 0 bridgehead atoms. The van der Waals surface area contributed by atoms with Crippen LogP contribution in [-0.4, -0.2) is 18.8 Å². The average molecular weight is 303 g/mol. The SMILES string of the molecule is COC(=O)C1=C(C)N=C(C)C(C#N)C1c1ccccc1Cl. The molecule has 2 rings (SSSR count). The summed E-state index contributed by atoms with van der Waals surface area (Å²) in [4.78, 5) is 16.5. The van der Waals surface area contributed by atoms with Crippen molar-refractivity contribution in [1.82, 2.24) is 0 Å². The van der Waals surface area contributed by atoms with Gasteiger partial charge in [-0.3, -0.25) is 4.99 Å². The van der Waals surface area contributed by atoms with E-state index in [0.29, 0.717) is 22.0 Å². The number of carbonyl (C=O) groups is 1. The lowest BCUT2D eigenvalue weighted by atomic mass is 9.76. The van der Waals surface area contributed by atoms with Gasteiger partial charge in [0.2, 0.25) is 0 Å². The van der Waals surface area contributed by atoms with E-state index in [0.717, 1.165) is 5.56 Å². The van der Waals surface area contributed by atoms with Gasteiger partial charge in [0.05, 0.1) is 24.7 Å². The van der Waals surface area contributed by atoms with Crippen LogP contribution in [0, 0.1) is 17.2 Å². The minimum Gasteiger partial charge on any atom is -0.466 e. The number of carbonyl (C=O) groups excluding carboxylic acids is 1. The molecule has 21 heavy (non-hydrogen) atoms. The van der Waals surface area contributed by atoms with Crippen molar-refractivity contribution in [2.24, 2.45) is 10.9 Å². The average Bonchev–Trinajstić information content (AvgIpc) is 2.46. The fourth-order valence-corrected chi connectivity index (χ4v) is 2.90. The quantitative estimate of drug-likeness (QED) is 0.786. The fraction of sp³-hybridized carbons (Fsp3) is 0.312. The summed E-state index contributed by atoms with van der Waals surface area (Å²) in [5.74, 6) is -1.48. The normalized spacial score (nSPS) is 21.6. The molecule has 108 valence electrons. The van der Waals surface area contributed by atoms with Crippen molar-refractivity contribution in [3.05, 3.63) is 46.1 Å². The van der Waals surface area contributed by atoms with E-state index >= 15 is 0 Å². The molecule has 0 spiro atoms. The predicted octanol–water partition coefficient (Wildman–Crippen LogP) is 3.48. The van der Waals surface area contributed by atoms with E-state index < -0.39 is 17.8 Å². The number of esters is 1. The molecule has 2 unspecified atom stereocenters. The van der Waals surface area contributed by atoms with Gasteiger partial charge in [0, 0.05) is 22.3 Å². The Morgan fingerprint density at radius 3 is 2.62 bits per heavy atom. The highest BCUT2D eigenvalue weighted by Gasteiger charge is 2.38. The molecule has 0 aliphatic carbocycles. The number of nitrogens with zero attached hydrogens (tertiary/aromatic N) is 2. The molecule has 0 saturated carbocycles. The molecule has 4 nitrogen and oxygen atoms in total. The summed E-state index contributed by atoms with van der Waals surface area (Å²) in [6, 6.07) is 9.44. The molecule has 0 aromatic heterocycles. The maximum absolute atomic E-state index is 12.1. The summed E-state index contributed by atoms with van der Waals surface area (Å²) in [7, 11) is 1.32. The lowest BCUT2D eigenvalue weighted by Crippen LogP contribution is -2.29. The first-order valence-electron chi connectivity index (χ1n) is 6.49. The molecule has 1 aliphatic rings. The Balaban J connectivity index is 2.68. The van der Waals surface area contributed by atoms with Gasteiger partial charge in [0.1, 0.15) is 0 Å². The first-order valence-corrected chi connectivity index (χ1v) is 6.87. The molecule has 0 N–H and O–H groups in total. The van der Waals surface area contributed by atoms with Gasteiger partial charge in [-0.25, -0.2) is 4.79 Å². The topological polar surface area (TPSA) is 62.4 Å². The van der Waals surface area contributed by atoms with Crippen molar-refractivity contribution in [1.29, 1.82) is 5.26 Å². The highest BCUT2D eigenvalue weighted by Crippen LogP contribution is 2.41. The molecule has 5 heteroatoms. The van der Waals surface area contributed by atoms with Crippen LogP contribution in [0.25, 0.3) is 0 Å². The Morgan fingerprint density at radius 2 is 2.05 bits per heavy atom. The first-order chi connectivity index (χ1) is 10.0. The lowest BCUT2D eigenvalue weighted by Gasteiger charge is -2.29. The monoisotopic (exact) mass is 302 g/mol. The van der Waals surface area contributed by atoms with E-state index in [2.05, 4.69) is 11.1 Å². The highest BCUT2D eigenvalue weighted by molar-refractivity contribution is 6.31. The Hall–Kier alpha value is -2.12. The van der Waals surface area contributed by atoms with E-state index in [1.807, 2.05) is 18.2 Å². The molecule has 1 aromatic rings. The van der Waals surface area contributed by atoms with Gasteiger partial charge < -0.3 is 4.74 Å². The van der Waals surface area contributed by atoms with Crippen LogP contribution >= 0.6 is 11.6 Å². The van der Waals surface area contributed by atoms with Gasteiger partial charge in [0.25, 0.3) is 0 Å². The second-order valence-electron chi connectivity index (χ2n) is 4.85. The first kappa shape index (κ1) is 15.3. The third kappa shape index (κ3) is 2.70. The summed E-state index contributed by atoms with van der Waals surface area (Å²) in [5, 5.41) is 10.0. The third-order valence-corrected chi connectivity index (χ3v) is 3.96. The molecule has 0 fully saturated rings. The van der Waals surface area contributed by atoms with Crippen LogP contribution in [0.1, 0.15) is 25.3 Å². The number of aliphatic imine (C=N–C) groups is 1. The standard InChI is InChI=1S/C16H15ClN2O2/c1-9-12(8-18)15(11-6-4-5-7-13(11)17)14(10(2)19-9)16(20)21-3/h4-7,12,15H,1-3H3. The van der Waals surface area contributed by atoms with E-state index in [-0.39, 0.29) is 0 Å². The second-order valence-corrected chi connectivity index (χ2v) is 5.26. The predicted molar refractivity (Wildman–Crippen MR) is 81.1 cm³/mol. The Bertz CT molecular complexity index is 686. The van der Waals surface area contributed by atoms with Gasteiger partial charge in [-0.15, -0.1) is 0 Å². The zero-order valence-electron chi connectivity index (χ0n) is 12.1. The van der Waals surface area contributed by atoms with Crippen molar-refractivity contribution < 1.29 is 9.53 Å². The van der Waals surface area contributed by atoms with Crippen LogP contribution in [-0.2, 0) is 9.53 Å². The molecular weight excluding hydrogens is 288 g/mol. The van der Waals surface area contributed by atoms with Crippen LogP contribution in [0.2, 0.25) is 5.02 Å². The highest BCUT2D eigenvalue weighted by atomic mass is 35.5. The lowest BCUT2D eigenvalue weighted by molar-refractivity contribution is -0.136. The van der Waals surface area contributed by atoms with Crippen LogP contribution in [0.3, 0.4) is 0 Å².